The Hall–Kier alpha value is -1.99. The van der Waals surface area contributed by atoms with Crippen molar-refractivity contribution in [1.29, 1.82) is 0 Å². The van der Waals surface area contributed by atoms with Crippen molar-refractivity contribution in [2.24, 2.45) is 0 Å². The van der Waals surface area contributed by atoms with E-state index in [1.54, 1.807) is 23.6 Å². The minimum absolute atomic E-state index is 0.184. The molecule has 0 aliphatic heterocycles. The van der Waals surface area contributed by atoms with E-state index in [1.165, 1.54) is 29.6 Å². The zero-order chi connectivity index (χ0) is 17.1. The van der Waals surface area contributed by atoms with E-state index in [0.29, 0.717) is 16.1 Å². The highest BCUT2D eigenvalue weighted by molar-refractivity contribution is 9.10. The molecule has 1 aliphatic rings. The number of thiophene rings is 1. The van der Waals surface area contributed by atoms with Gasteiger partial charge in [0, 0.05) is 22.2 Å². The second-order valence-electron chi connectivity index (χ2n) is 5.40. The molecule has 4 nitrogen and oxygen atoms in total. The molecule has 0 saturated heterocycles. The van der Waals surface area contributed by atoms with E-state index in [2.05, 4.69) is 26.6 Å². The molecule has 0 radical (unpaired) electrons. The van der Waals surface area contributed by atoms with Crippen molar-refractivity contribution in [2.45, 2.75) is 18.9 Å². The molecular weight excluding hydrogens is 395 g/mol. The summed E-state index contributed by atoms with van der Waals surface area (Å²) in [5, 5.41) is 7.78. The maximum absolute atomic E-state index is 13.6. The molecule has 0 spiro atoms. The molecule has 1 heterocycles. The molecule has 2 N–H and O–H groups in total. The monoisotopic (exact) mass is 408 g/mol. The Kier molecular flexibility index (Phi) is 5.11. The van der Waals surface area contributed by atoms with Crippen LogP contribution >= 0.6 is 27.3 Å². The van der Waals surface area contributed by atoms with Crippen LogP contribution in [0.4, 0.5) is 9.39 Å². The summed E-state index contributed by atoms with van der Waals surface area (Å²) in [6.45, 7) is 0. The first-order chi connectivity index (χ1) is 11.5. The Morgan fingerprint density at radius 1 is 1.29 bits per heavy atom. The van der Waals surface area contributed by atoms with E-state index >= 15 is 0 Å². The Bertz CT molecular complexity index is 815. The van der Waals surface area contributed by atoms with Crippen molar-refractivity contribution < 1.29 is 14.0 Å². The largest absolute Gasteiger partial charge is 0.349 e. The van der Waals surface area contributed by atoms with Gasteiger partial charge in [-0.05, 0) is 48.6 Å². The molecule has 0 atom stereocenters. The number of carbonyl (C=O) groups excluding carboxylic acids is 2. The number of hydrogen-bond acceptors (Lipinski definition) is 3. The highest BCUT2D eigenvalue weighted by atomic mass is 79.9. The molecule has 1 fully saturated rings. The third kappa shape index (κ3) is 4.30. The Morgan fingerprint density at radius 2 is 2.08 bits per heavy atom. The molecule has 1 aliphatic carbocycles. The number of benzene rings is 1. The SMILES string of the molecule is O=C(/C=C/c1cc(Br)ccc1F)Nc1sccc1C(=O)NC1CC1. The van der Waals surface area contributed by atoms with E-state index in [9.17, 15) is 14.0 Å². The minimum Gasteiger partial charge on any atom is -0.349 e. The van der Waals surface area contributed by atoms with Gasteiger partial charge in [0.1, 0.15) is 10.8 Å². The zero-order valence-corrected chi connectivity index (χ0v) is 14.9. The van der Waals surface area contributed by atoms with Crippen LogP contribution in [0.25, 0.3) is 6.08 Å². The zero-order valence-electron chi connectivity index (χ0n) is 12.5. The minimum atomic E-state index is -0.419. The van der Waals surface area contributed by atoms with Gasteiger partial charge in [-0.1, -0.05) is 15.9 Å². The molecule has 2 aromatic rings. The van der Waals surface area contributed by atoms with Crippen molar-refractivity contribution in [3.8, 4) is 0 Å². The standard InChI is InChI=1S/C17H14BrFN2O2S/c18-11-2-5-14(19)10(9-11)1-6-15(22)21-17-13(7-8-24-17)16(23)20-12-3-4-12/h1-2,5-9,12H,3-4H2,(H,20,23)(H,21,22)/b6-1+. The summed E-state index contributed by atoms with van der Waals surface area (Å²) in [5.74, 6) is -1.02. The number of carbonyl (C=O) groups is 2. The fraction of sp³-hybridized carbons (Fsp3) is 0.176. The maximum atomic E-state index is 13.6. The van der Waals surface area contributed by atoms with Crippen LogP contribution in [-0.2, 0) is 4.79 Å². The van der Waals surface area contributed by atoms with Gasteiger partial charge in [0.25, 0.3) is 5.91 Å². The lowest BCUT2D eigenvalue weighted by Crippen LogP contribution is -2.26. The maximum Gasteiger partial charge on any atom is 0.254 e. The predicted molar refractivity (Wildman–Crippen MR) is 96.6 cm³/mol. The smallest absolute Gasteiger partial charge is 0.254 e. The topological polar surface area (TPSA) is 58.2 Å². The van der Waals surface area contributed by atoms with E-state index in [-0.39, 0.29) is 11.9 Å². The lowest BCUT2D eigenvalue weighted by Gasteiger charge is -2.05. The van der Waals surface area contributed by atoms with Gasteiger partial charge < -0.3 is 10.6 Å². The number of amides is 2. The summed E-state index contributed by atoms with van der Waals surface area (Å²) in [7, 11) is 0. The van der Waals surface area contributed by atoms with Crippen LogP contribution in [0.15, 0.2) is 40.2 Å². The van der Waals surface area contributed by atoms with E-state index in [1.807, 2.05) is 0 Å². The summed E-state index contributed by atoms with van der Waals surface area (Å²) in [6.07, 6.45) is 4.64. The van der Waals surface area contributed by atoms with Gasteiger partial charge in [-0.15, -0.1) is 11.3 Å². The van der Waals surface area contributed by atoms with Crippen molar-refractivity contribution in [3.05, 3.63) is 57.1 Å². The van der Waals surface area contributed by atoms with Crippen molar-refractivity contribution in [3.63, 3.8) is 0 Å². The Balaban J connectivity index is 1.66. The third-order valence-electron chi connectivity index (χ3n) is 3.43. The molecule has 1 aromatic carbocycles. The lowest BCUT2D eigenvalue weighted by atomic mass is 10.2. The van der Waals surface area contributed by atoms with Gasteiger partial charge in [-0.3, -0.25) is 9.59 Å². The first-order valence-electron chi connectivity index (χ1n) is 7.35. The third-order valence-corrected chi connectivity index (χ3v) is 4.75. The summed E-state index contributed by atoms with van der Waals surface area (Å²) in [6, 6.07) is 6.42. The van der Waals surface area contributed by atoms with Crippen molar-refractivity contribution in [2.75, 3.05) is 5.32 Å². The fourth-order valence-electron chi connectivity index (χ4n) is 2.04. The van der Waals surface area contributed by atoms with Crippen LogP contribution in [0.2, 0.25) is 0 Å². The summed E-state index contributed by atoms with van der Waals surface area (Å²) >= 11 is 4.53. The normalized spacial score (nSPS) is 13.9. The number of anilines is 1. The summed E-state index contributed by atoms with van der Waals surface area (Å²) < 4.78 is 14.4. The number of halogens is 2. The average Bonchev–Trinajstić information content (AvgIpc) is 3.24. The fourth-order valence-corrected chi connectivity index (χ4v) is 3.20. The van der Waals surface area contributed by atoms with Gasteiger partial charge in [-0.2, -0.15) is 0 Å². The van der Waals surface area contributed by atoms with Crippen molar-refractivity contribution >= 4 is 50.2 Å². The van der Waals surface area contributed by atoms with E-state index in [4.69, 9.17) is 0 Å². The molecule has 2 amide bonds. The van der Waals surface area contributed by atoms with Gasteiger partial charge in [0.15, 0.2) is 0 Å². The molecule has 24 heavy (non-hydrogen) atoms. The van der Waals surface area contributed by atoms with Gasteiger partial charge >= 0.3 is 0 Å². The first kappa shape index (κ1) is 16.9. The van der Waals surface area contributed by atoms with Crippen LogP contribution in [0.3, 0.4) is 0 Å². The molecule has 124 valence electrons. The van der Waals surface area contributed by atoms with Gasteiger partial charge in [0.05, 0.1) is 5.56 Å². The molecule has 0 bridgehead atoms. The molecule has 0 unspecified atom stereocenters. The number of hydrogen-bond donors (Lipinski definition) is 2. The molecule has 7 heteroatoms. The van der Waals surface area contributed by atoms with Crippen LogP contribution < -0.4 is 10.6 Å². The van der Waals surface area contributed by atoms with Gasteiger partial charge in [0.2, 0.25) is 5.91 Å². The van der Waals surface area contributed by atoms with E-state index < -0.39 is 11.7 Å². The van der Waals surface area contributed by atoms with Crippen LogP contribution in [0, 0.1) is 5.82 Å². The van der Waals surface area contributed by atoms with Crippen molar-refractivity contribution in [1.82, 2.24) is 5.32 Å². The average molecular weight is 409 g/mol. The highest BCUT2D eigenvalue weighted by Crippen LogP contribution is 2.25. The Morgan fingerprint density at radius 3 is 2.83 bits per heavy atom. The van der Waals surface area contributed by atoms with Crippen LogP contribution in [-0.4, -0.2) is 17.9 Å². The second-order valence-corrected chi connectivity index (χ2v) is 7.23. The second kappa shape index (κ2) is 7.27. The molecular formula is C17H14BrFN2O2S. The Labute approximate surface area is 150 Å². The van der Waals surface area contributed by atoms with Crippen LogP contribution in [0.1, 0.15) is 28.8 Å². The summed E-state index contributed by atoms with van der Waals surface area (Å²) in [4.78, 5) is 24.1. The van der Waals surface area contributed by atoms with Crippen LogP contribution in [0.5, 0.6) is 0 Å². The number of nitrogens with one attached hydrogen (secondary N) is 2. The molecule has 1 aromatic heterocycles. The summed E-state index contributed by atoms with van der Waals surface area (Å²) in [5.41, 5.74) is 0.750. The predicted octanol–water partition coefficient (Wildman–Crippen LogP) is 4.19. The quantitative estimate of drug-likeness (QED) is 0.728. The molecule has 1 saturated carbocycles. The number of rotatable bonds is 5. The highest BCUT2D eigenvalue weighted by Gasteiger charge is 2.25. The lowest BCUT2D eigenvalue weighted by molar-refractivity contribution is -0.111. The van der Waals surface area contributed by atoms with Gasteiger partial charge in [-0.25, -0.2) is 4.39 Å². The molecule has 3 rings (SSSR count). The first-order valence-corrected chi connectivity index (χ1v) is 9.02. The van der Waals surface area contributed by atoms with E-state index in [0.717, 1.165) is 17.3 Å².